The third kappa shape index (κ3) is 3.19. The van der Waals surface area contributed by atoms with Crippen LogP contribution in [0.15, 0.2) is 24.3 Å². The van der Waals surface area contributed by atoms with Crippen LogP contribution in [0.4, 0.5) is 0 Å². The number of aliphatic hydroxyl groups excluding tert-OH is 1. The molecule has 4 heteroatoms. The van der Waals surface area contributed by atoms with Gasteiger partial charge in [0.1, 0.15) is 5.82 Å². The highest BCUT2D eigenvalue weighted by Gasteiger charge is 2.20. The number of nitrogens with zero attached hydrogens (tertiary/aromatic N) is 2. The summed E-state index contributed by atoms with van der Waals surface area (Å²) in [4.78, 5) is 4.57. The van der Waals surface area contributed by atoms with Crippen molar-refractivity contribution in [2.24, 2.45) is 5.41 Å². The zero-order valence-corrected chi connectivity index (χ0v) is 12.7. The summed E-state index contributed by atoms with van der Waals surface area (Å²) >= 11 is 0. The molecule has 0 aliphatic rings. The van der Waals surface area contributed by atoms with Crippen LogP contribution >= 0.6 is 0 Å². The molecule has 0 aliphatic carbocycles. The van der Waals surface area contributed by atoms with Crippen LogP contribution in [-0.2, 0) is 6.54 Å². The minimum Gasteiger partial charge on any atom is -0.396 e. The van der Waals surface area contributed by atoms with Crippen LogP contribution in [0, 0.1) is 12.3 Å². The molecular formula is C16H25N3O. The number of rotatable bonds is 7. The van der Waals surface area contributed by atoms with E-state index in [1.54, 1.807) is 0 Å². The fourth-order valence-corrected chi connectivity index (χ4v) is 2.35. The van der Waals surface area contributed by atoms with Crippen LogP contribution in [0.25, 0.3) is 11.0 Å². The molecule has 0 radical (unpaired) electrons. The molecule has 1 atom stereocenters. The fraction of sp³-hybridized carbons (Fsp3) is 0.562. The molecule has 0 bridgehead atoms. The van der Waals surface area contributed by atoms with Crippen molar-refractivity contribution in [1.82, 2.24) is 14.9 Å². The molecule has 2 N–H and O–H groups in total. The lowest BCUT2D eigenvalue weighted by Crippen LogP contribution is -2.35. The second-order valence-electron chi connectivity index (χ2n) is 5.80. The summed E-state index contributed by atoms with van der Waals surface area (Å²) in [6.45, 7) is 9.12. The molecule has 0 amide bonds. The smallest absolute Gasteiger partial charge is 0.106 e. The van der Waals surface area contributed by atoms with Gasteiger partial charge in [0.25, 0.3) is 0 Å². The summed E-state index contributed by atoms with van der Waals surface area (Å²) in [6.07, 6.45) is 0.976. The Labute approximate surface area is 120 Å². The summed E-state index contributed by atoms with van der Waals surface area (Å²) in [5.41, 5.74) is 2.22. The molecule has 0 saturated carbocycles. The minimum atomic E-state index is -0.0218. The van der Waals surface area contributed by atoms with Crippen molar-refractivity contribution in [2.45, 2.75) is 33.7 Å². The van der Waals surface area contributed by atoms with Crippen molar-refractivity contribution in [3.63, 3.8) is 0 Å². The van der Waals surface area contributed by atoms with E-state index in [0.29, 0.717) is 0 Å². The van der Waals surface area contributed by atoms with Gasteiger partial charge in [-0.25, -0.2) is 4.98 Å². The third-order valence-electron chi connectivity index (χ3n) is 4.14. The Morgan fingerprint density at radius 3 is 2.80 bits per heavy atom. The Bertz CT molecular complexity index is 558. The molecule has 1 aromatic carbocycles. The van der Waals surface area contributed by atoms with Crippen LogP contribution in [0.2, 0.25) is 0 Å². The molecule has 0 spiro atoms. The Morgan fingerprint density at radius 1 is 1.35 bits per heavy atom. The average molecular weight is 275 g/mol. The number of imidazole rings is 1. The van der Waals surface area contributed by atoms with Crippen molar-refractivity contribution in [3.8, 4) is 0 Å². The van der Waals surface area contributed by atoms with Gasteiger partial charge in [-0.05, 0) is 25.5 Å². The van der Waals surface area contributed by atoms with E-state index in [1.807, 2.05) is 25.1 Å². The van der Waals surface area contributed by atoms with Gasteiger partial charge in [0.2, 0.25) is 0 Å². The van der Waals surface area contributed by atoms with Crippen LogP contribution in [0.3, 0.4) is 0 Å². The van der Waals surface area contributed by atoms with E-state index in [0.717, 1.165) is 37.4 Å². The molecule has 1 unspecified atom stereocenters. The van der Waals surface area contributed by atoms with Crippen LogP contribution < -0.4 is 5.32 Å². The van der Waals surface area contributed by atoms with Gasteiger partial charge in [-0.3, -0.25) is 0 Å². The lowest BCUT2D eigenvalue weighted by molar-refractivity contribution is 0.135. The lowest BCUT2D eigenvalue weighted by Gasteiger charge is -2.26. The van der Waals surface area contributed by atoms with Crippen molar-refractivity contribution < 1.29 is 5.11 Å². The minimum absolute atomic E-state index is 0.0218. The Hall–Kier alpha value is -1.39. The molecular weight excluding hydrogens is 250 g/mol. The standard InChI is InChI=1S/C16H25N3O/c1-4-16(3,12-20)11-17-9-10-19-13(2)18-14-7-5-6-8-15(14)19/h5-8,17,20H,4,9-12H2,1-3H3. The second-order valence-corrected chi connectivity index (χ2v) is 5.80. The maximum Gasteiger partial charge on any atom is 0.106 e. The molecule has 0 fully saturated rings. The van der Waals surface area contributed by atoms with Crippen LogP contribution in [0.1, 0.15) is 26.1 Å². The van der Waals surface area contributed by atoms with Gasteiger partial charge in [0.05, 0.1) is 11.0 Å². The largest absolute Gasteiger partial charge is 0.396 e. The zero-order chi connectivity index (χ0) is 14.6. The zero-order valence-electron chi connectivity index (χ0n) is 12.7. The highest BCUT2D eigenvalue weighted by atomic mass is 16.3. The lowest BCUT2D eigenvalue weighted by atomic mass is 9.89. The monoisotopic (exact) mass is 275 g/mol. The van der Waals surface area contributed by atoms with Crippen molar-refractivity contribution in [3.05, 3.63) is 30.1 Å². The average Bonchev–Trinajstić information content (AvgIpc) is 2.79. The van der Waals surface area contributed by atoms with E-state index in [9.17, 15) is 5.11 Å². The maximum atomic E-state index is 9.40. The van der Waals surface area contributed by atoms with E-state index in [4.69, 9.17) is 0 Å². The van der Waals surface area contributed by atoms with Gasteiger partial charge in [0, 0.05) is 31.7 Å². The molecule has 4 nitrogen and oxygen atoms in total. The predicted octanol–water partition coefficient (Wildman–Crippen LogP) is 2.34. The molecule has 2 rings (SSSR count). The van der Waals surface area contributed by atoms with E-state index < -0.39 is 0 Å². The number of hydrogen-bond acceptors (Lipinski definition) is 3. The van der Waals surface area contributed by atoms with Gasteiger partial charge in [-0.15, -0.1) is 0 Å². The van der Waals surface area contributed by atoms with Gasteiger partial charge in [-0.2, -0.15) is 0 Å². The highest BCUT2D eigenvalue weighted by molar-refractivity contribution is 5.75. The van der Waals surface area contributed by atoms with Gasteiger partial charge in [-0.1, -0.05) is 26.0 Å². The van der Waals surface area contributed by atoms with Gasteiger partial charge in [0.15, 0.2) is 0 Å². The highest BCUT2D eigenvalue weighted by Crippen LogP contribution is 2.18. The first kappa shape index (κ1) is 15.0. The molecule has 0 saturated heterocycles. The van der Waals surface area contributed by atoms with Crippen molar-refractivity contribution in [1.29, 1.82) is 0 Å². The quantitative estimate of drug-likeness (QED) is 0.763. The number of nitrogens with one attached hydrogen (secondary N) is 1. The second kappa shape index (κ2) is 6.37. The third-order valence-corrected chi connectivity index (χ3v) is 4.14. The van der Waals surface area contributed by atoms with Gasteiger partial charge >= 0.3 is 0 Å². The summed E-state index contributed by atoms with van der Waals surface area (Å²) in [7, 11) is 0. The van der Waals surface area contributed by atoms with Crippen molar-refractivity contribution in [2.75, 3.05) is 19.7 Å². The molecule has 1 aromatic heterocycles. The fourth-order valence-electron chi connectivity index (χ4n) is 2.35. The number of para-hydroxylation sites is 2. The molecule has 1 heterocycles. The number of hydrogen-bond donors (Lipinski definition) is 2. The Balaban J connectivity index is 1.95. The number of benzene rings is 1. The predicted molar refractivity (Wildman–Crippen MR) is 82.8 cm³/mol. The Kier molecular flexibility index (Phi) is 4.78. The summed E-state index contributed by atoms with van der Waals surface area (Å²) in [5.74, 6) is 1.05. The summed E-state index contributed by atoms with van der Waals surface area (Å²) < 4.78 is 2.24. The van der Waals surface area contributed by atoms with Crippen LogP contribution in [0.5, 0.6) is 0 Å². The van der Waals surface area contributed by atoms with E-state index in [-0.39, 0.29) is 12.0 Å². The number of fused-ring (bicyclic) bond motifs is 1. The van der Waals surface area contributed by atoms with E-state index >= 15 is 0 Å². The molecule has 110 valence electrons. The first-order valence-corrected chi connectivity index (χ1v) is 7.33. The maximum absolute atomic E-state index is 9.40. The first-order chi connectivity index (χ1) is 9.59. The molecule has 0 aliphatic heterocycles. The number of aryl methyl sites for hydroxylation is 1. The van der Waals surface area contributed by atoms with Crippen LogP contribution in [-0.4, -0.2) is 34.4 Å². The number of aromatic nitrogens is 2. The van der Waals surface area contributed by atoms with E-state index in [1.165, 1.54) is 5.52 Å². The summed E-state index contributed by atoms with van der Waals surface area (Å²) in [6, 6.07) is 8.23. The first-order valence-electron chi connectivity index (χ1n) is 7.33. The SMILES string of the molecule is CCC(C)(CO)CNCCn1c(C)nc2ccccc21. The van der Waals surface area contributed by atoms with Gasteiger partial charge < -0.3 is 15.0 Å². The Morgan fingerprint density at radius 2 is 2.10 bits per heavy atom. The summed E-state index contributed by atoms with van der Waals surface area (Å²) in [5, 5.41) is 12.8. The van der Waals surface area contributed by atoms with E-state index in [2.05, 4.69) is 34.8 Å². The molecule has 20 heavy (non-hydrogen) atoms. The topological polar surface area (TPSA) is 50.1 Å². The van der Waals surface area contributed by atoms with Crippen molar-refractivity contribution >= 4 is 11.0 Å². The number of aliphatic hydroxyl groups is 1. The molecule has 2 aromatic rings. The normalized spacial score (nSPS) is 14.6.